The second-order valence-corrected chi connectivity index (χ2v) is 8.65. The highest BCUT2D eigenvalue weighted by Gasteiger charge is 2.20. The Morgan fingerprint density at radius 2 is 1.94 bits per heavy atom. The first kappa shape index (κ1) is 21.3. The Kier molecular flexibility index (Phi) is 5.68. The molecule has 0 saturated heterocycles. The number of hydrogen-bond donors (Lipinski definition) is 1. The predicted molar refractivity (Wildman–Crippen MR) is 129 cm³/mol. The van der Waals surface area contributed by atoms with E-state index in [2.05, 4.69) is 26.8 Å². The minimum atomic E-state index is -0.298. The van der Waals surface area contributed by atoms with E-state index in [0.29, 0.717) is 11.1 Å². The molecule has 5 rings (SSSR count). The predicted octanol–water partition coefficient (Wildman–Crippen LogP) is 3.31. The molecule has 0 bridgehead atoms. The lowest BCUT2D eigenvalue weighted by Gasteiger charge is -2.27. The van der Waals surface area contributed by atoms with Crippen molar-refractivity contribution in [2.24, 2.45) is 0 Å². The smallest absolute Gasteiger partial charge is 0.275 e. The van der Waals surface area contributed by atoms with E-state index in [1.165, 1.54) is 17.5 Å². The quantitative estimate of drug-likeness (QED) is 0.493. The Labute approximate surface area is 191 Å². The van der Waals surface area contributed by atoms with E-state index in [1.807, 2.05) is 43.3 Å². The lowest BCUT2D eigenvalue weighted by Crippen LogP contribution is -2.34. The molecule has 2 aromatic carbocycles. The van der Waals surface area contributed by atoms with Gasteiger partial charge in [0.2, 0.25) is 5.91 Å². The van der Waals surface area contributed by atoms with Crippen LogP contribution in [-0.2, 0) is 24.4 Å². The van der Waals surface area contributed by atoms with Crippen LogP contribution in [0.3, 0.4) is 0 Å². The van der Waals surface area contributed by atoms with Crippen molar-refractivity contribution < 1.29 is 4.79 Å². The van der Waals surface area contributed by atoms with Gasteiger partial charge in [-0.15, -0.1) is 0 Å². The highest BCUT2D eigenvalue weighted by molar-refractivity contribution is 5.93. The van der Waals surface area contributed by atoms with Crippen molar-refractivity contribution in [2.45, 2.75) is 46.3 Å². The standard InChI is InChI=1S/C25H28N6O2/c1-3-4-11-29-12-13-30-22-10-9-18(14-21(22)27-23(30)15-29)26-24(32)16-31-25(33)20-8-6-5-7-19(20)17(2)28-31/h5-10,14H,3-4,11-13,15-16H2,1-2H3,(H,26,32). The van der Waals surface area contributed by atoms with Crippen LogP contribution in [0.1, 0.15) is 31.3 Å². The number of anilines is 1. The molecule has 1 aliphatic rings. The summed E-state index contributed by atoms with van der Waals surface area (Å²) in [6.07, 6.45) is 2.39. The van der Waals surface area contributed by atoms with Gasteiger partial charge in [-0.25, -0.2) is 9.67 Å². The van der Waals surface area contributed by atoms with Crippen LogP contribution in [0.4, 0.5) is 5.69 Å². The molecule has 2 aromatic heterocycles. The molecular formula is C25H28N6O2. The molecule has 3 heterocycles. The molecule has 0 atom stereocenters. The molecule has 0 saturated carbocycles. The fourth-order valence-corrected chi connectivity index (χ4v) is 4.57. The van der Waals surface area contributed by atoms with E-state index in [1.54, 1.807) is 6.07 Å². The Morgan fingerprint density at radius 3 is 2.76 bits per heavy atom. The third-order valence-electron chi connectivity index (χ3n) is 6.29. The van der Waals surface area contributed by atoms with Crippen molar-refractivity contribution in [3.63, 3.8) is 0 Å². The van der Waals surface area contributed by atoms with Crippen molar-refractivity contribution in [1.82, 2.24) is 24.2 Å². The number of carbonyl (C=O) groups excluding carboxylic acids is 1. The average molecular weight is 445 g/mol. The highest BCUT2D eigenvalue weighted by Crippen LogP contribution is 2.24. The van der Waals surface area contributed by atoms with Gasteiger partial charge in [-0.05, 0) is 44.2 Å². The van der Waals surface area contributed by atoms with Crippen molar-refractivity contribution >= 4 is 33.4 Å². The van der Waals surface area contributed by atoms with Crippen LogP contribution < -0.4 is 10.9 Å². The zero-order valence-electron chi connectivity index (χ0n) is 19.0. The summed E-state index contributed by atoms with van der Waals surface area (Å²) < 4.78 is 3.50. The van der Waals surface area contributed by atoms with E-state index >= 15 is 0 Å². The normalized spacial score (nSPS) is 14.0. The number of unbranched alkanes of at least 4 members (excludes halogenated alkanes) is 1. The molecule has 1 N–H and O–H groups in total. The van der Waals surface area contributed by atoms with Gasteiger partial charge < -0.3 is 9.88 Å². The fourth-order valence-electron chi connectivity index (χ4n) is 4.57. The van der Waals surface area contributed by atoms with Gasteiger partial charge in [-0.3, -0.25) is 14.5 Å². The number of aromatic nitrogens is 4. The molecule has 0 aliphatic carbocycles. The first-order chi connectivity index (χ1) is 16.0. The fraction of sp³-hybridized carbons (Fsp3) is 0.360. The Balaban J connectivity index is 1.34. The lowest BCUT2D eigenvalue weighted by molar-refractivity contribution is -0.117. The van der Waals surface area contributed by atoms with Crippen LogP contribution in [0.25, 0.3) is 21.8 Å². The molecule has 0 spiro atoms. The summed E-state index contributed by atoms with van der Waals surface area (Å²) in [5, 5.41) is 8.60. The number of rotatable bonds is 6. The average Bonchev–Trinajstić information content (AvgIpc) is 3.18. The summed E-state index contributed by atoms with van der Waals surface area (Å²) in [7, 11) is 0. The second kappa shape index (κ2) is 8.78. The number of carbonyl (C=O) groups is 1. The second-order valence-electron chi connectivity index (χ2n) is 8.65. The van der Waals surface area contributed by atoms with Crippen molar-refractivity contribution in [3.8, 4) is 0 Å². The molecule has 0 radical (unpaired) electrons. The number of amides is 1. The molecule has 33 heavy (non-hydrogen) atoms. The summed E-state index contributed by atoms with van der Waals surface area (Å²) in [5.41, 5.74) is 3.07. The molecule has 1 aliphatic heterocycles. The Morgan fingerprint density at radius 1 is 1.12 bits per heavy atom. The van der Waals surface area contributed by atoms with Crippen LogP contribution in [0.2, 0.25) is 0 Å². The van der Waals surface area contributed by atoms with Crippen LogP contribution >= 0.6 is 0 Å². The molecule has 170 valence electrons. The summed E-state index contributed by atoms with van der Waals surface area (Å²) in [6.45, 7) is 7.82. The number of benzene rings is 2. The van der Waals surface area contributed by atoms with Gasteiger partial charge in [0.05, 0.1) is 28.7 Å². The monoisotopic (exact) mass is 444 g/mol. The number of nitrogens with zero attached hydrogens (tertiary/aromatic N) is 5. The van der Waals surface area contributed by atoms with Gasteiger partial charge in [0, 0.05) is 24.2 Å². The van der Waals surface area contributed by atoms with Gasteiger partial charge in [0.1, 0.15) is 12.4 Å². The van der Waals surface area contributed by atoms with Crippen molar-refractivity contribution in [1.29, 1.82) is 0 Å². The van der Waals surface area contributed by atoms with E-state index in [4.69, 9.17) is 4.98 Å². The summed E-state index contributed by atoms with van der Waals surface area (Å²) in [4.78, 5) is 32.7. The van der Waals surface area contributed by atoms with E-state index in [-0.39, 0.29) is 18.0 Å². The third-order valence-corrected chi connectivity index (χ3v) is 6.29. The minimum Gasteiger partial charge on any atom is -0.326 e. The maximum absolute atomic E-state index is 12.8. The number of aryl methyl sites for hydroxylation is 1. The van der Waals surface area contributed by atoms with E-state index in [0.717, 1.165) is 54.1 Å². The Hall–Kier alpha value is -3.52. The van der Waals surface area contributed by atoms with Crippen molar-refractivity contribution in [3.05, 3.63) is 64.3 Å². The lowest BCUT2D eigenvalue weighted by atomic mass is 10.1. The van der Waals surface area contributed by atoms with Crippen LogP contribution in [-0.4, -0.2) is 43.2 Å². The molecule has 0 unspecified atom stereocenters. The SMILES string of the molecule is CCCCN1CCn2c(nc3cc(NC(=O)Cn4nc(C)c5ccccc5c4=O)ccc32)C1. The van der Waals surface area contributed by atoms with Gasteiger partial charge >= 0.3 is 0 Å². The first-order valence-electron chi connectivity index (χ1n) is 11.5. The number of nitrogens with one attached hydrogen (secondary N) is 1. The van der Waals surface area contributed by atoms with Gasteiger partial charge in [-0.2, -0.15) is 5.10 Å². The summed E-state index contributed by atoms with van der Waals surface area (Å²) >= 11 is 0. The van der Waals surface area contributed by atoms with Gasteiger partial charge in [-0.1, -0.05) is 31.5 Å². The maximum Gasteiger partial charge on any atom is 0.275 e. The van der Waals surface area contributed by atoms with Crippen LogP contribution in [0, 0.1) is 6.92 Å². The summed E-state index contributed by atoms with van der Waals surface area (Å²) in [6, 6.07) is 13.1. The maximum atomic E-state index is 12.8. The van der Waals surface area contributed by atoms with Gasteiger partial charge in [0.25, 0.3) is 5.56 Å². The van der Waals surface area contributed by atoms with Crippen LogP contribution in [0.15, 0.2) is 47.3 Å². The molecule has 8 heteroatoms. The molecule has 1 amide bonds. The zero-order valence-corrected chi connectivity index (χ0v) is 19.0. The van der Waals surface area contributed by atoms with Crippen molar-refractivity contribution in [2.75, 3.05) is 18.4 Å². The molecule has 4 aromatic rings. The first-order valence-corrected chi connectivity index (χ1v) is 11.5. The van der Waals surface area contributed by atoms with E-state index < -0.39 is 0 Å². The molecule has 0 fully saturated rings. The molecule has 8 nitrogen and oxygen atoms in total. The topological polar surface area (TPSA) is 85.1 Å². The Bertz CT molecular complexity index is 1400. The summed E-state index contributed by atoms with van der Waals surface area (Å²) in [5.74, 6) is 0.770. The molecular weight excluding hydrogens is 416 g/mol. The minimum absolute atomic E-state index is 0.144. The van der Waals surface area contributed by atoms with E-state index in [9.17, 15) is 9.59 Å². The zero-order chi connectivity index (χ0) is 22.9. The number of fused-ring (bicyclic) bond motifs is 4. The van der Waals surface area contributed by atoms with Crippen LogP contribution in [0.5, 0.6) is 0 Å². The van der Waals surface area contributed by atoms with Gasteiger partial charge in [0.15, 0.2) is 0 Å². The number of imidazole rings is 1. The highest BCUT2D eigenvalue weighted by atomic mass is 16.2. The number of hydrogen-bond acceptors (Lipinski definition) is 5. The largest absolute Gasteiger partial charge is 0.326 e. The third kappa shape index (κ3) is 4.14.